The lowest BCUT2D eigenvalue weighted by molar-refractivity contribution is 0.0456. The smallest absolute Gasteiger partial charge is 0.320 e. The van der Waals surface area contributed by atoms with Crippen molar-refractivity contribution in [2.45, 2.75) is 31.8 Å². The molecule has 2 amide bonds. The minimum Gasteiger partial charge on any atom is -0.381 e. The number of carbonyl (C=O) groups excluding carboxylic acids is 1. The quantitative estimate of drug-likeness (QED) is 0.823. The van der Waals surface area contributed by atoms with E-state index in [0.29, 0.717) is 12.6 Å². The predicted octanol–water partition coefficient (Wildman–Crippen LogP) is 0.999. The van der Waals surface area contributed by atoms with E-state index in [-0.39, 0.29) is 6.03 Å². The van der Waals surface area contributed by atoms with E-state index in [0.717, 1.165) is 50.3 Å². The van der Waals surface area contributed by atoms with Crippen molar-refractivity contribution in [1.29, 1.82) is 0 Å². The highest BCUT2D eigenvalue weighted by Gasteiger charge is 2.28. The van der Waals surface area contributed by atoms with Gasteiger partial charge in [-0.05, 0) is 12.8 Å². The normalized spacial score (nSPS) is 20.2. The second-order valence-corrected chi connectivity index (χ2v) is 5.28. The van der Waals surface area contributed by atoms with E-state index in [4.69, 9.17) is 4.74 Å². The Hall–Kier alpha value is -1.56. The molecule has 0 unspecified atom stereocenters. The molecule has 6 heteroatoms. The summed E-state index contributed by atoms with van der Waals surface area (Å²) < 4.78 is 5.35. The summed E-state index contributed by atoms with van der Waals surface area (Å²) in [5.41, 5.74) is 2.30. The van der Waals surface area contributed by atoms with Crippen molar-refractivity contribution < 1.29 is 9.53 Å². The number of fused-ring (bicyclic) bond motifs is 1. The molecule has 6 nitrogen and oxygen atoms in total. The van der Waals surface area contributed by atoms with Gasteiger partial charge >= 0.3 is 6.03 Å². The molecule has 1 N–H and O–H groups in total. The lowest BCUT2D eigenvalue weighted by Gasteiger charge is -2.36. The first-order valence-electron chi connectivity index (χ1n) is 6.86. The molecule has 0 radical (unpaired) electrons. The number of ether oxygens (including phenoxy) is 1. The fourth-order valence-corrected chi connectivity index (χ4v) is 2.84. The molecule has 0 spiro atoms. The number of nitrogens with one attached hydrogen (secondary N) is 1. The summed E-state index contributed by atoms with van der Waals surface area (Å²) in [6.07, 6.45) is 4.56. The molecular formula is C13H20N4O2. The molecule has 0 aliphatic carbocycles. The van der Waals surface area contributed by atoms with Gasteiger partial charge in [-0.15, -0.1) is 0 Å². The molecule has 3 rings (SSSR count). The van der Waals surface area contributed by atoms with Crippen molar-refractivity contribution in [3.05, 3.63) is 17.5 Å². The monoisotopic (exact) mass is 264 g/mol. The van der Waals surface area contributed by atoms with Crippen LogP contribution in [0, 0.1) is 0 Å². The molecule has 19 heavy (non-hydrogen) atoms. The Morgan fingerprint density at radius 3 is 3.11 bits per heavy atom. The number of urea groups is 1. The maximum absolute atomic E-state index is 12.5. The first-order chi connectivity index (χ1) is 9.25. The number of rotatable bonds is 1. The van der Waals surface area contributed by atoms with Crippen LogP contribution in [0.15, 0.2) is 6.20 Å². The Bertz CT molecular complexity index is 453. The van der Waals surface area contributed by atoms with Crippen LogP contribution in [-0.4, -0.2) is 58.9 Å². The molecule has 0 saturated carbocycles. The summed E-state index contributed by atoms with van der Waals surface area (Å²) in [4.78, 5) is 16.3. The zero-order valence-electron chi connectivity index (χ0n) is 11.3. The Morgan fingerprint density at radius 1 is 1.53 bits per heavy atom. The molecule has 1 fully saturated rings. The van der Waals surface area contributed by atoms with E-state index in [9.17, 15) is 4.79 Å². The number of amides is 2. The van der Waals surface area contributed by atoms with Crippen LogP contribution in [0.4, 0.5) is 4.79 Å². The van der Waals surface area contributed by atoms with Crippen LogP contribution in [0.5, 0.6) is 0 Å². The Morgan fingerprint density at radius 2 is 2.32 bits per heavy atom. The largest absolute Gasteiger partial charge is 0.381 e. The summed E-state index contributed by atoms with van der Waals surface area (Å²) >= 11 is 0. The minimum absolute atomic E-state index is 0.124. The molecule has 1 aromatic rings. The number of hydrogen-bond acceptors (Lipinski definition) is 3. The maximum Gasteiger partial charge on any atom is 0.320 e. The summed E-state index contributed by atoms with van der Waals surface area (Å²) in [7, 11) is 1.91. The van der Waals surface area contributed by atoms with Gasteiger partial charge in [0.1, 0.15) is 0 Å². The number of nitrogens with zero attached hydrogens (tertiary/aromatic N) is 3. The van der Waals surface area contributed by atoms with Crippen molar-refractivity contribution >= 4 is 6.03 Å². The molecule has 0 aromatic carbocycles. The molecule has 3 heterocycles. The van der Waals surface area contributed by atoms with Crippen LogP contribution in [-0.2, 0) is 17.7 Å². The molecule has 2 aliphatic heterocycles. The van der Waals surface area contributed by atoms with Gasteiger partial charge in [-0.1, -0.05) is 0 Å². The fraction of sp³-hybridized carbons (Fsp3) is 0.692. The zero-order chi connectivity index (χ0) is 13.2. The second kappa shape index (κ2) is 5.21. The van der Waals surface area contributed by atoms with Crippen molar-refractivity contribution in [1.82, 2.24) is 20.0 Å². The Balaban J connectivity index is 1.64. The number of aromatic nitrogens is 2. The standard InChI is InChI=1S/C13H20N4O2/c1-16(11-3-6-19-7-4-11)13(18)17-5-2-12-10(9-17)8-14-15-12/h8,11H,2-7,9H2,1H3,(H,14,15). The van der Waals surface area contributed by atoms with E-state index >= 15 is 0 Å². The van der Waals surface area contributed by atoms with Crippen LogP contribution in [0.1, 0.15) is 24.1 Å². The number of hydrogen-bond donors (Lipinski definition) is 1. The average Bonchev–Trinajstić information content (AvgIpc) is 2.94. The van der Waals surface area contributed by atoms with Gasteiger partial charge in [0.2, 0.25) is 0 Å². The summed E-state index contributed by atoms with van der Waals surface area (Å²) in [5.74, 6) is 0. The van der Waals surface area contributed by atoms with Crippen LogP contribution < -0.4 is 0 Å². The van der Waals surface area contributed by atoms with Gasteiger partial charge in [-0.25, -0.2) is 4.79 Å². The topological polar surface area (TPSA) is 61.5 Å². The molecular weight excluding hydrogens is 244 g/mol. The lowest BCUT2D eigenvalue weighted by Crippen LogP contribution is -2.49. The first kappa shape index (κ1) is 12.5. The van der Waals surface area contributed by atoms with E-state index in [1.165, 1.54) is 0 Å². The van der Waals surface area contributed by atoms with Gasteiger partial charge < -0.3 is 14.5 Å². The SMILES string of the molecule is CN(C(=O)N1CCc2[nH]ncc2C1)C1CCOCC1. The molecule has 0 atom stereocenters. The zero-order valence-corrected chi connectivity index (χ0v) is 11.3. The molecule has 1 aromatic heterocycles. The van der Waals surface area contributed by atoms with Crippen molar-refractivity contribution in [2.75, 3.05) is 26.8 Å². The van der Waals surface area contributed by atoms with Crippen molar-refractivity contribution in [3.63, 3.8) is 0 Å². The Labute approximate surface area is 112 Å². The van der Waals surface area contributed by atoms with Gasteiger partial charge in [0.15, 0.2) is 0 Å². The molecule has 104 valence electrons. The van der Waals surface area contributed by atoms with E-state index in [1.807, 2.05) is 23.0 Å². The summed E-state index contributed by atoms with van der Waals surface area (Å²) in [6.45, 7) is 2.95. The lowest BCUT2D eigenvalue weighted by atomic mass is 10.1. The van der Waals surface area contributed by atoms with E-state index in [2.05, 4.69) is 10.2 Å². The van der Waals surface area contributed by atoms with Crippen LogP contribution in [0.3, 0.4) is 0 Å². The third-order valence-electron chi connectivity index (χ3n) is 4.11. The molecule has 0 bridgehead atoms. The summed E-state index contributed by atoms with van der Waals surface area (Å²) in [5, 5.41) is 7.03. The van der Waals surface area contributed by atoms with Crippen LogP contribution >= 0.6 is 0 Å². The summed E-state index contributed by atoms with van der Waals surface area (Å²) in [6, 6.07) is 0.436. The minimum atomic E-state index is 0.124. The maximum atomic E-state index is 12.5. The van der Waals surface area contributed by atoms with Gasteiger partial charge in [-0.3, -0.25) is 5.10 Å². The van der Waals surface area contributed by atoms with Gasteiger partial charge in [0.25, 0.3) is 0 Å². The van der Waals surface area contributed by atoms with Gasteiger partial charge in [0.05, 0.1) is 12.7 Å². The second-order valence-electron chi connectivity index (χ2n) is 5.28. The van der Waals surface area contributed by atoms with E-state index in [1.54, 1.807) is 0 Å². The van der Waals surface area contributed by atoms with E-state index < -0.39 is 0 Å². The third kappa shape index (κ3) is 2.45. The van der Waals surface area contributed by atoms with Crippen molar-refractivity contribution in [3.8, 4) is 0 Å². The number of aromatic amines is 1. The van der Waals surface area contributed by atoms with Crippen LogP contribution in [0.2, 0.25) is 0 Å². The number of H-pyrrole nitrogens is 1. The average molecular weight is 264 g/mol. The van der Waals surface area contributed by atoms with Gasteiger partial charge in [-0.2, -0.15) is 5.10 Å². The third-order valence-corrected chi connectivity index (χ3v) is 4.11. The first-order valence-corrected chi connectivity index (χ1v) is 6.86. The van der Waals surface area contributed by atoms with Crippen LogP contribution in [0.25, 0.3) is 0 Å². The molecule has 1 saturated heterocycles. The van der Waals surface area contributed by atoms with Gasteiger partial charge in [0, 0.05) is 50.5 Å². The highest BCUT2D eigenvalue weighted by Crippen LogP contribution is 2.20. The van der Waals surface area contributed by atoms with Crippen molar-refractivity contribution in [2.24, 2.45) is 0 Å². The molecule has 2 aliphatic rings. The predicted molar refractivity (Wildman–Crippen MR) is 69.7 cm³/mol. The fourth-order valence-electron chi connectivity index (χ4n) is 2.84. The highest BCUT2D eigenvalue weighted by molar-refractivity contribution is 5.74. The Kier molecular flexibility index (Phi) is 3.42. The highest BCUT2D eigenvalue weighted by atomic mass is 16.5. The number of carbonyl (C=O) groups is 1.